The maximum atomic E-state index is 12.6. The van der Waals surface area contributed by atoms with Crippen molar-refractivity contribution in [3.63, 3.8) is 0 Å². The van der Waals surface area contributed by atoms with Gasteiger partial charge in [0, 0.05) is 13.1 Å². The summed E-state index contributed by atoms with van der Waals surface area (Å²) in [7, 11) is 0. The lowest BCUT2D eigenvalue weighted by Gasteiger charge is -2.31. The molecule has 2 aromatic heterocycles. The molecule has 25 heavy (non-hydrogen) atoms. The number of para-hydroxylation sites is 1. The largest absolute Gasteiger partial charge is 0.347 e. The average Bonchev–Trinajstić information content (AvgIpc) is 3.08. The van der Waals surface area contributed by atoms with Gasteiger partial charge >= 0.3 is 0 Å². The molecular weight excluding hydrogens is 356 g/mol. The fraction of sp³-hybridized carbons (Fsp3) is 0.278. The number of thiazole rings is 1. The maximum Gasteiger partial charge on any atom is 0.229 e. The van der Waals surface area contributed by atoms with E-state index in [1.54, 1.807) is 29.7 Å². The second-order valence-electron chi connectivity index (χ2n) is 6.11. The van der Waals surface area contributed by atoms with Crippen LogP contribution in [0.25, 0.3) is 10.2 Å². The first kappa shape index (κ1) is 16.3. The quantitative estimate of drug-likeness (QED) is 0.700. The third kappa shape index (κ3) is 3.60. The molecule has 0 spiro atoms. The molecule has 1 unspecified atom stereocenters. The second kappa shape index (κ2) is 6.98. The van der Waals surface area contributed by atoms with Crippen molar-refractivity contribution in [3.05, 3.63) is 47.7 Å². The summed E-state index contributed by atoms with van der Waals surface area (Å²) in [6.45, 7) is 1.62. The Morgan fingerprint density at radius 2 is 2.16 bits per heavy atom. The number of halogens is 1. The van der Waals surface area contributed by atoms with Crippen molar-refractivity contribution >= 4 is 49.9 Å². The third-order valence-corrected chi connectivity index (χ3v) is 5.66. The van der Waals surface area contributed by atoms with Gasteiger partial charge in [-0.1, -0.05) is 35.1 Å². The number of hydrogen-bond donors (Lipinski definition) is 1. The van der Waals surface area contributed by atoms with Crippen LogP contribution < -0.4 is 10.2 Å². The number of pyridine rings is 1. The molecular formula is C18H17ClN4OS. The van der Waals surface area contributed by atoms with Gasteiger partial charge in [0.2, 0.25) is 5.91 Å². The van der Waals surface area contributed by atoms with Crippen LogP contribution in [-0.2, 0) is 4.79 Å². The SMILES string of the molecule is O=C(Nc1ccc(Cl)nc1)C1CCCN(c2nc3ccccc3s2)C1. The lowest BCUT2D eigenvalue weighted by Crippen LogP contribution is -2.40. The number of aromatic nitrogens is 2. The highest BCUT2D eigenvalue weighted by Gasteiger charge is 2.27. The summed E-state index contributed by atoms with van der Waals surface area (Å²) in [4.78, 5) is 23.5. The molecule has 128 valence electrons. The van der Waals surface area contributed by atoms with Gasteiger partial charge in [-0.25, -0.2) is 9.97 Å². The molecule has 1 N–H and O–H groups in total. The molecule has 3 aromatic rings. The van der Waals surface area contributed by atoms with Gasteiger partial charge in [-0.3, -0.25) is 4.79 Å². The first-order valence-electron chi connectivity index (χ1n) is 8.22. The minimum Gasteiger partial charge on any atom is -0.347 e. The van der Waals surface area contributed by atoms with E-state index in [-0.39, 0.29) is 11.8 Å². The predicted molar refractivity (Wildman–Crippen MR) is 102 cm³/mol. The Morgan fingerprint density at radius 3 is 2.96 bits per heavy atom. The molecule has 1 aliphatic rings. The van der Waals surface area contributed by atoms with Crippen molar-refractivity contribution in [3.8, 4) is 0 Å². The molecule has 3 heterocycles. The number of carbonyl (C=O) groups excluding carboxylic acids is 1. The number of anilines is 2. The Bertz CT molecular complexity index is 862. The molecule has 0 saturated carbocycles. The number of carbonyl (C=O) groups is 1. The molecule has 1 atom stereocenters. The Hall–Kier alpha value is -2.18. The molecule has 7 heteroatoms. The van der Waals surface area contributed by atoms with E-state index in [1.165, 1.54) is 4.70 Å². The van der Waals surface area contributed by atoms with Crippen molar-refractivity contribution < 1.29 is 4.79 Å². The molecule has 0 aliphatic carbocycles. The zero-order chi connectivity index (χ0) is 17.2. The van der Waals surface area contributed by atoms with Crippen LogP contribution in [0.15, 0.2) is 42.6 Å². The van der Waals surface area contributed by atoms with Gasteiger partial charge in [-0.05, 0) is 37.1 Å². The van der Waals surface area contributed by atoms with Crippen LogP contribution in [0.2, 0.25) is 5.15 Å². The zero-order valence-electron chi connectivity index (χ0n) is 13.5. The van der Waals surface area contributed by atoms with Crippen LogP contribution in [0.5, 0.6) is 0 Å². The average molecular weight is 373 g/mol. The smallest absolute Gasteiger partial charge is 0.229 e. The van der Waals surface area contributed by atoms with E-state index in [0.717, 1.165) is 30.0 Å². The second-order valence-corrected chi connectivity index (χ2v) is 7.50. The monoisotopic (exact) mass is 372 g/mol. The summed E-state index contributed by atoms with van der Waals surface area (Å²) < 4.78 is 1.18. The Kier molecular flexibility index (Phi) is 4.55. The van der Waals surface area contributed by atoms with Crippen LogP contribution in [0.3, 0.4) is 0 Å². The van der Waals surface area contributed by atoms with E-state index in [4.69, 9.17) is 16.6 Å². The lowest BCUT2D eigenvalue weighted by molar-refractivity contribution is -0.120. The Balaban J connectivity index is 1.46. The number of nitrogens with one attached hydrogen (secondary N) is 1. The summed E-state index contributed by atoms with van der Waals surface area (Å²) >= 11 is 7.46. The topological polar surface area (TPSA) is 58.1 Å². The van der Waals surface area contributed by atoms with E-state index in [0.29, 0.717) is 17.4 Å². The van der Waals surface area contributed by atoms with E-state index < -0.39 is 0 Å². The number of fused-ring (bicyclic) bond motifs is 1. The van der Waals surface area contributed by atoms with Gasteiger partial charge in [0.05, 0.1) is 28.0 Å². The van der Waals surface area contributed by atoms with Crippen LogP contribution in [0, 0.1) is 5.92 Å². The molecule has 5 nitrogen and oxygen atoms in total. The number of amides is 1. The summed E-state index contributed by atoms with van der Waals surface area (Å²) in [6.07, 6.45) is 3.44. The fourth-order valence-electron chi connectivity index (χ4n) is 3.05. The van der Waals surface area contributed by atoms with Crippen LogP contribution in [0.4, 0.5) is 10.8 Å². The molecule has 0 radical (unpaired) electrons. The number of hydrogen-bond acceptors (Lipinski definition) is 5. The minimum absolute atomic E-state index is 0.0231. The van der Waals surface area contributed by atoms with Gasteiger partial charge in [-0.15, -0.1) is 0 Å². The molecule has 1 fully saturated rings. The molecule has 0 bridgehead atoms. The van der Waals surface area contributed by atoms with Crippen LogP contribution in [0.1, 0.15) is 12.8 Å². The van der Waals surface area contributed by atoms with Crippen molar-refractivity contribution in [1.82, 2.24) is 9.97 Å². The van der Waals surface area contributed by atoms with Gasteiger partial charge in [-0.2, -0.15) is 0 Å². The van der Waals surface area contributed by atoms with Crippen molar-refractivity contribution in [2.75, 3.05) is 23.3 Å². The van der Waals surface area contributed by atoms with Crippen molar-refractivity contribution in [2.24, 2.45) is 5.92 Å². The molecule has 1 aromatic carbocycles. The van der Waals surface area contributed by atoms with Gasteiger partial charge in [0.25, 0.3) is 0 Å². The summed E-state index contributed by atoms with van der Waals surface area (Å²) in [5, 5.41) is 4.34. The third-order valence-electron chi connectivity index (χ3n) is 4.34. The van der Waals surface area contributed by atoms with E-state index in [9.17, 15) is 4.79 Å². The fourth-order valence-corrected chi connectivity index (χ4v) is 4.17. The Labute approximate surface area is 154 Å². The van der Waals surface area contributed by atoms with Gasteiger partial charge < -0.3 is 10.2 Å². The highest BCUT2D eigenvalue weighted by Crippen LogP contribution is 2.31. The summed E-state index contributed by atoms with van der Waals surface area (Å²) in [5.74, 6) is -0.0358. The van der Waals surface area contributed by atoms with E-state index in [2.05, 4.69) is 21.3 Å². The Morgan fingerprint density at radius 1 is 1.28 bits per heavy atom. The van der Waals surface area contributed by atoms with Crippen LogP contribution in [-0.4, -0.2) is 29.0 Å². The zero-order valence-corrected chi connectivity index (χ0v) is 15.1. The molecule has 1 aliphatic heterocycles. The number of nitrogens with zero attached hydrogens (tertiary/aromatic N) is 3. The van der Waals surface area contributed by atoms with Gasteiger partial charge in [0.15, 0.2) is 5.13 Å². The predicted octanol–water partition coefficient (Wildman–Crippen LogP) is 4.20. The minimum atomic E-state index is -0.0589. The van der Waals surface area contributed by atoms with E-state index >= 15 is 0 Å². The highest BCUT2D eigenvalue weighted by atomic mass is 35.5. The van der Waals surface area contributed by atoms with Gasteiger partial charge in [0.1, 0.15) is 5.15 Å². The first-order chi connectivity index (χ1) is 12.2. The number of rotatable bonds is 3. The lowest BCUT2D eigenvalue weighted by atomic mass is 9.97. The number of piperidine rings is 1. The van der Waals surface area contributed by atoms with Crippen LogP contribution >= 0.6 is 22.9 Å². The molecule has 4 rings (SSSR count). The standard InChI is InChI=1S/C18H17ClN4OS/c19-16-8-7-13(10-20-16)21-17(24)12-4-3-9-23(11-12)18-22-14-5-1-2-6-15(14)25-18/h1-2,5-8,10,12H,3-4,9,11H2,(H,21,24). The summed E-state index contributed by atoms with van der Waals surface area (Å²) in [6, 6.07) is 11.6. The normalized spacial score (nSPS) is 17.6. The number of benzene rings is 1. The molecule has 1 amide bonds. The molecule has 1 saturated heterocycles. The first-order valence-corrected chi connectivity index (χ1v) is 9.41. The van der Waals surface area contributed by atoms with E-state index in [1.807, 2.05) is 18.2 Å². The maximum absolute atomic E-state index is 12.6. The highest BCUT2D eigenvalue weighted by molar-refractivity contribution is 7.22. The summed E-state index contributed by atoms with van der Waals surface area (Å²) in [5.41, 5.74) is 1.69. The van der Waals surface area contributed by atoms with Crippen molar-refractivity contribution in [2.45, 2.75) is 12.8 Å². The van der Waals surface area contributed by atoms with Crippen molar-refractivity contribution in [1.29, 1.82) is 0 Å².